The third-order valence-corrected chi connectivity index (χ3v) is 5.39. The average Bonchev–Trinajstić information content (AvgIpc) is 3.01. The molecule has 0 aliphatic carbocycles. The average molecular weight is 353 g/mol. The van der Waals surface area contributed by atoms with Crippen molar-refractivity contribution in [3.05, 3.63) is 35.9 Å². The number of methoxy groups -OCH3 is 1. The minimum Gasteiger partial charge on any atom is -0.349 e. The monoisotopic (exact) mass is 352 g/mol. The molecule has 0 spiro atoms. The van der Waals surface area contributed by atoms with E-state index in [2.05, 4.69) is 21.2 Å². The second-order valence-electron chi connectivity index (χ2n) is 5.36. The quantitative estimate of drug-likeness (QED) is 0.840. The SMILES string of the molecule is CO[C@@]1([C@@H](Br)c2ccccc2)NC(=O)[C@@H]2CCCN2C1=O. The first kappa shape index (κ1) is 14.5. The molecule has 2 amide bonds. The Hall–Kier alpha value is -1.40. The number of halogens is 1. The van der Waals surface area contributed by atoms with E-state index in [0.717, 1.165) is 18.4 Å². The Balaban J connectivity index is 1.99. The number of hydrogen-bond donors (Lipinski definition) is 1. The van der Waals surface area contributed by atoms with Crippen molar-refractivity contribution in [3.63, 3.8) is 0 Å². The van der Waals surface area contributed by atoms with Crippen LogP contribution in [0, 0.1) is 0 Å². The molecule has 3 rings (SSSR count). The second-order valence-corrected chi connectivity index (χ2v) is 6.27. The molecule has 2 heterocycles. The van der Waals surface area contributed by atoms with Gasteiger partial charge in [-0.3, -0.25) is 9.59 Å². The maximum absolute atomic E-state index is 12.9. The third-order valence-electron chi connectivity index (χ3n) is 4.21. The zero-order valence-electron chi connectivity index (χ0n) is 11.7. The van der Waals surface area contributed by atoms with E-state index in [-0.39, 0.29) is 17.9 Å². The molecular formula is C15H17BrN2O3. The van der Waals surface area contributed by atoms with Gasteiger partial charge >= 0.3 is 0 Å². The number of carbonyl (C=O) groups excluding carboxylic acids is 2. The Bertz CT molecular complexity index is 565. The Kier molecular flexibility index (Phi) is 3.75. The molecule has 21 heavy (non-hydrogen) atoms. The number of benzene rings is 1. The topological polar surface area (TPSA) is 58.6 Å². The van der Waals surface area contributed by atoms with Crippen molar-refractivity contribution in [3.8, 4) is 0 Å². The molecule has 5 nitrogen and oxygen atoms in total. The fourth-order valence-electron chi connectivity index (χ4n) is 3.09. The van der Waals surface area contributed by atoms with Crippen molar-refractivity contribution in [1.82, 2.24) is 10.2 Å². The highest BCUT2D eigenvalue weighted by molar-refractivity contribution is 9.09. The number of nitrogens with zero attached hydrogens (tertiary/aromatic N) is 1. The smallest absolute Gasteiger partial charge is 0.278 e. The summed E-state index contributed by atoms with van der Waals surface area (Å²) in [5.74, 6) is -0.327. The van der Waals surface area contributed by atoms with Crippen LogP contribution in [0.15, 0.2) is 30.3 Å². The molecule has 0 unspecified atom stereocenters. The summed E-state index contributed by atoms with van der Waals surface area (Å²) >= 11 is 3.54. The minimum atomic E-state index is -1.39. The highest BCUT2D eigenvalue weighted by Crippen LogP contribution is 2.40. The van der Waals surface area contributed by atoms with Gasteiger partial charge in [0.15, 0.2) is 0 Å². The van der Waals surface area contributed by atoms with Gasteiger partial charge in [0, 0.05) is 13.7 Å². The summed E-state index contributed by atoms with van der Waals surface area (Å²) in [5.41, 5.74) is -0.509. The zero-order valence-corrected chi connectivity index (χ0v) is 13.3. The second kappa shape index (κ2) is 5.42. The van der Waals surface area contributed by atoms with Crippen LogP contribution in [0.4, 0.5) is 0 Å². The fourth-order valence-corrected chi connectivity index (χ4v) is 3.89. The number of hydrogen-bond acceptors (Lipinski definition) is 3. The fraction of sp³-hybridized carbons (Fsp3) is 0.467. The van der Waals surface area contributed by atoms with E-state index >= 15 is 0 Å². The highest BCUT2D eigenvalue weighted by atomic mass is 79.9. The van der Waals surface area contributed by atoms with E-state index < -0.39 is 10.6 Å². The third kappa shape index (κ3) is 2.17. The van der Waals surface area contributed by atoms with Crippen molar-refractivity contribution in [2.45, 2.75) is 29.4 Å². The molecule has 1 aromatic carbocycles. The van der Waals surface area contributed by atoms with Crippen LogP contribution < -0.4 is 5.32 Å². The van der Waals surface area contributed by atoms with Gasteiger partial charge in [0.1, 0.15) is 6.04 Å². The molecule has 2 aliphatic heterocycles. The van der Waals surface area contributed by atoms with E-state index in [1.807, 2.05) is 30.3 Å². The molecule has 0 bridgehead atoms. The van der Waals surface area contributed by atoms with Crippen LogP contribution in [-0.4, -0.2) is 42.1 Å². The van der Waals surface area contributed by atoms with Crippen molar-refractivity contribution < 1.29 is 14.3 Å². The summed E-state index contributed by atoms with van der Waals surface area (Å²) in [5, 5.41) is 2.80. The minimum absolute atomic E-state index is 0.144. The molecule has 2 aliphatic rings. The molecule has 112 valence electrons. The van der Waals surface area contributed by atoms with Gasteiger partial charge in [-0.05, 0) is 18.4 Å². The van der Waals surface area contributed by atoms with Crippen LogP contribution in [0.3, 0.4) is 0 Å². The van der Waals surface area contributed by atoms with E-state index in [1.54, 1.807) is 4.90 Å². The lowest BCUT2D eigenvalue weighted by Crippen LogP contribution is -2.71. The molecule has 0 aromatic heterocycles. The molecule has 2 saturated heterocycles. The van der Waals surface area contributed by atoms with Gasteiger partial charge in [-0.25, -0.2) is 0 Å². The van der Waals surface area contributed by atoms with Crippen molar-refractivity contribution in [2.75, 3.05) is 13.7 Å². The normalized spacial score (nSPS) is 30.0. The van der Waals surface area contributed by atoms with Gasteiger partial charge in [0.2, 0.25) is 11.6 Å². The largest absolute Gasteiger partial charge is 0.349 e. The maximum atomic E-state index is 12.9. The van der Waals surface area contributed by atoms with E-state index in [4.69, 9.17) is 4.74 Å². The lowest BCUT2D eigenvalue weighted by Gasteiger charge is -2.44. The van der Waals surface area contributed by atoms with Crippen LogP contribution in [0.2, 0.25) is 0 Å². The highest BCUT2D eigenvalue weighted by Gasteiger charge is 2.56. The van der Waals surface area contributed by atoms with E-state index in [9.17, 15) is 9.59 Å². The summed E-state index contributed by atoms with van der Waals surface area (Å²) in [7, 11) is 1.45. The van der Waals surface area contributed by atoms with Crippen molar-refractivity contribution in [2.24, 2.45) is 0 Å². The molecule has 0 radical (unpaired) electrons. The number of rotatable bonds is 3. The Morgan fingerprint density at radius 2 is 2.10 bits per heavy atom. The van der Waals surface area contributed by atoms with Gasteiger partial charge in [0.05, 0.1) is 4.83 Å². The Morgan fingerprint density at radius 1 is 1.38 bits per heavy atom. The van der Waals surface area contributed by atoms with Gasteiger partial charge in [-0.2, -0.15) is 0 Å². The lowest BCUT2D eigenvalue weighted by molar-refractivity contribution is -0.174. The number of carbonyl (C=O) groups is 2. The van der Waals surface area contributed by atoms with Crippen LogP contribution in [0.25, 0.3) is 0 Å². The molecular weight excluding hydrogens is 336 g/mol. The first-order chi connectivity index (χ1) is 10.1. The molecule has 6 heteroatoms. The summed E-state index contributed by atoms with van der Waals surface area (Å²) in [6.07, 6.45) is 1.57. The summed E-state index contributed by atoms with van der Waals surface area (Å²) in [6, 6.07) is 9.13. The predicted molar refractivity (Wildman–Crippen MR) is 80.7 cm³/mol. The first-order valence-electron chi connectivity index (χ1n) is 6.97. The van der Waals surface area contributed by atoms with Crippen LogP contribution in [0.1, 0.15) is 23.2 Å². The van der Waals surface area contributed by atoms with Crippen LogP contribution >= 0.6 is 15.9 Å². The Labute approximate surface area is 131 Å². The van der Waals surface area contributed by atoms with E-state index in [1.165, 1.54) is 7.11 Å². The molecule has 1 N–H and O–H groups in total. The standard InChI is InChI=1S/C15H17BrN2O3/c1-21-15(12(16)10-6-3-2-4-7-10)14(20)18-9-5-8-11(18)13(19)17-15/h2-4,6-7,11-12H,5,8-9H2,1H3,(H,17,19)/t11-,12-,15+/m0/s1. The summed E-state index contributed by atoms with van der Waals surface area (Å²) < 4.78 is 5.52. The number of ether oxygens (including phenoxy) is 1. The zero-order chi connectivity index (χ0) is 15.0. The number of piperazine rings is 1. The molecule has 3 atom stereocenters. The Morgan fingerprint density at radius 3 is 2.76 bits per heavy atom. The van der Waals surface area contributed by atoms with Crippen molar-refractivity contribution >= 4 is 27.7 Å². The predicted octanol–water partition coefficient (Wildman–Crippen LogP) is 1.59. The number of nitrogens with one attached hydrogen (secondary N) is 1. The first-order valence-corrected chi connectivity index (χ1v) is 7.89. The number of amides is 2. The molecule has 1 aromatic rings. The number of fused-ring (bicyclic) bond motifs is 1. The van der Waals surface area contributed by atoms with Crippen LogP contribution in [-0.2, 0) is 14.3 Å². The summed E-state index contributed by atoms with van der Waals surface area (Å²) in [4.78, 5) is 26.4. The van der Waals surface area contributed by atoms with Gasteiger partial charge in [-0.15, -0.1) is 0 Å². The molecule has 2 fully saturated rings. The number of alkyl halides is 1. The van der Waals surface area contributed by atoms with Gasteiger partial charge < -0.3 is 15.0 Å². The summed E-state index contributed by atoms with van der Waals surface area (Å²) in [6.45, 7) is 0.608. The lowest BCUT2D eigenvalue weighted by atomic mass is 9.96. The van der Waals surface area contributed by atoms with Gasteiger partial charge in [0.25, 0.3) is 5.91 Å². The van der Waals surface area contributed by atoms with Gasteiger partial charge in [-0.1, -0.05) is 46.3 Å². The van der Waals surface area contributed by atoms with Crippen LogP contribution in [0.5, 0.6) is 0 Å². The van der Waals surface area contributed by atoms with E-state index in [0.29, 0.717) is 6.54 Å². The molecule has 0 saturated carbocycles. The maximum Gasteiger partial charge on any atom is 0.278 e. The van der Waals surface area contributed by atoms with Crippen molar-refractivity contribution in [1.29, 1.82) is 0 Å².